The number of halogens is 3. The molecular weight excluding hydrogens is 544 g/mol. The number of aromatic nitrogens is 3. The monoisotopic (exact) mass is 571 g/mol. The smallest absolute Gasteiger partial charge is 0.331 e. The van der Waals surface area contributed by atoms with Crippen molar-refractivity contribution in [2.24, 2.45) is 0 Å². The number of anilines is 1. The number of rotatable bonds is 6. The van der Waals surface area contributed by atoms with Gasteiger partial charge in [0.15, 0.2) is 0 Å². The molecule has 0 spiro atoms. The lowest BCUT2D eigenvalue weighted by Crippen LogP contribution is -2.41. The van der Waals surface area contributed by atoms with Crippen LogP contribution in [0.25, 0.3) is 21.3 Å². The van der Waals surface area contributed by atoms with Crippen molar-refractivity contribution in [3.05, 3.63) is 79.0 Å². The Balaban J connectivity index is 1.43. The molecule has 0 saturated carbocycles. The first-order valence-electron chi connectivity index (χ1n) is 13.0. The molecule has 6 rings (SSSR count). The average molecular weight is 572 g/mol. The van der Waals surface area contributed by atoms with Gasteiger partial charge in [-0.05, 0) is 55.6 Å². The molecular formula is C28H28ClF2N5O2S. The van der Waals surface area contributed by atoms with Gasteiger partial charge in [-0.1, -0.05) is 11.6 Å². The van der Waals surface area contributed by atoms with E-state index in [9.17, 15) is 18.4 Å². The summed E-state index contributed by atoms with van der Waals surface area (Å²) in [5.41, 5.74) is 3.94. The van der Waals surface area contributed by atoms with Gasteiger partial charge in [-0.25, -0.2) is 13.6 Å². The Labute approximate surface area is 232 Å². The maximum absolute atomic E-state index is 13.6. The summed E-state index contributed by atoms with van der Waals surface area (Å²) in [6.45, 7) is 2.86. The second-order valence-corrected chi connectivity index (χ2v) is 12.0. The zero-order chi connectivity index (χ0) is 27.3. The number of hydrogen-bond acceptors (Lipinski definition) is 6. The van der Waals surface area contributed by atoms with Crippen LogP contribution in [0.3, 0.4) is 0 Å². The number of aryl methyl sites for hydroxylation is 1. The lowest BCUT2D eigenvalue weighted by Gasteiger charge is -2.38. The predicted octanol–water partition coefficient (Wildman–Crippen LogP) is 4.76. The molecule has 0 amide bonds. The SMILES string of the molecule is CC(F)(F)Cn1ccc(=O)n(Cc2cc3nccc(-c4cc(Cl)cc5c4N([C@H]4CCNC4)CCC5)c3s2)c1=O. The van der Waals surface area contributed by atoms with Gasteiger partial charge in [0.05, 0.1) is 23.3 Å². The number of hydrogen-bond donors (Lipinski definition) is 1. The number of nitrogens with one attached hydrogen (secondary N) is 1. The third-order valence-corrected chi connectivity index (χ3v) is 8.78. The van der Waals surface area contributed by atoms with Crippen LogP contribution in [0.5, 0.6) is 0 Å². The normalized spacial score (nSPS) is 17.6. The molecule has 1 saturated heterocycles. The first-order valence-corrected chi connectivity index (χ1v) is 14.2. The van der Waals surface area contributed by atoms with Crippen LogP contribution in [0.4, 0.5) is 14.5 Å². The molecule has 0 aliphatic carbocycles. The summed E-state index contributed by atoms with van der Waals surface area (Å²) in [5, 5.41) is 4.16. The molecule has 0 unspecified atom stereocenters. The molecule has 1 atom stereocenters. The third kappa shape index (κ3) is 5.13. The molecule has 5 heterocycles. The maximum atomic E-state index is 13.6. The minimum atomic E-state index is -3.08. The van der Waals surface area contributed by atoms with Crippen LogP contribution >= 0.6 is 22.9 Å². The Morgan fingerprint density at radius 3 is 2.82 bits per heavy atom. The van der Waals surface area contributed by atoms with Gasteiger partial charge in [-0.3, -0.25) is 18.9 Å². The molecule has 11 heteroatoms. The fourth-order valence-corrected chi connectivity index (χ4v) is 7.14. The van der Waals surface area contributed by atoms with Crippen LogP contribution in [0.2, 0.25) is 5.02 Å². The summed E-state index contributed by atoms with van der Waals surface area (Å²) < 4.78 is 30.0. The highest BCUT2D eigenvalue weighted by molar-refractivity contribution is 7.19. The van der Waals surface area contributed by atoms with E-state index in [2.05, 4.69) is 21.3 Å². The number of alkyl halides is 2. The average Bonchev–Trinajstić information content (AvgIpc) is 3.56. The molecule has 3 aromatic heterocycles. The quantitative estimate of drug-likeness (QED) is 0.361. The zero-order valence-corrected chi connectivity index (χ0v) is 23.0. The van der Waals surface area contributed by atoms with E-state index >= 15 is 0 Å². The van der Waals surface area contributed by atoms with Crippen LogP contribution < -0.4 is 21.5 Å². The number of fused-ring (bicyclic) bond motifs is 2. The molecule has 0 radical (unpaired) electrons. The van der Waals surface area contributed by atoms with Crippen molar-refractivity contribution in [2.45, 2.75) is 51.2 Å². The summed E-state index contributed by atoms with van der Waals surface area (Å²) in [7, 11) is 0. The van der Waals surface area contributed by atoms with Crippen molar-refractivity contribution in [2.75, 3.05) is 24.5 Å². The highest BCUT2D eigenvalue weighted by Gasteiger charge is 2.30. The van der Waals surface area contributed by atoms with E-state index in [-0.39, 0.29) is 6.54 Å². The minimum absolute atomic E-state index is 0.0260. The molecule has 4 aromatic rings. The van der Waals surface area contributed by atoms with Gasteiger partial charge in [0, 0.05) is 71.2 Å². The summed E-state index contributed by atoms with van der Waals surface area (Å²) >= 11 is 8.07. The lowest BCUT2D eigenvalue weighted by molar-refractivity contribution is 0.00222. The van der Waals surface area contributed by atoms with E-state index in [0.717, 1.165) is 93.4 Å². The van der Waals surface area contributed by atoms with Gasteiger partial charge >= 0.3 is 5.69 Å². The minimum Gasteiger partial charge on any atom is -0.366 e. The molecule has 7 nitrogen and oxygen atoms in total. The van der Waals surface area contributed by atoms with Crippen LogP contribution in [-0.2, 0) is 19.5 Å². The van der Waals surface area contributed by atoms with Crippen molar-refractivity contribution in [1.29, 1.82) is 0 Å². The molecule has 1 N–H and O–H groups in total. The third-order valence-electron chi connectivity index (χ3n) is 7.42. The van der Waals surface area contributed by atoms with Crippen LogP contribution in [-0.4, -0.2) is 45.7 Å². The zero-order valence-electron chi connectivity index (χ0n) is 21.4. The Kier molecular flexibility index (Phi) is 6.81. The Hall–Kier alpha value is -3.08. The van der Waals surface area contributed by atoms with Gasteiger partial charge in [0.2, 0.25) is 0 Å². The van der Waals surface area contributed by atoms with E-state index in [4.69, 9.17) is 11.6 Å². The van der Waals surface area contributed by atoms with Crippen LogP contribution in [0.15, 0.2) is 52.3 Å². The van der Waals surface area contributed by atoms with E-state index in [1.165, 1.54) is 22.6 Å². The number of nitrogens with zero attached hydrogens (tertiary/aromatic N) is 4. The topological polar surface area (TPSA) is 72.2 Å². The fourth-order valence-electron chi connectivity index (χ4n) is 5.77. The molecule has 0 bridgehead atoms. The lowest BCUT2D eigenvalue weighted by atomic mass is 9.92. The van der Waals surface area contributed by atoms with Gasteiger partial charge in [0.1, 0.15) is 0 Å². The fraction of sp³-hybridized carbons (Fsp3) is 0.393. The van der Waals surface area contributed by atoms with Crippen molar-refractivity contribution in [3.63, 3.8) is 0 Å². The van der Waals surface area contributed by atoms with Gasteiger partial charge in [0.25, 0.3) is 11.5 Å². The van der Waals surface area contributed by atoms with Gasteiger partial charge in [-0.2, -0.15) is 0 Å². The van der Waals surface area contributed by atoms with E-state index in [1.807, 2.05) is 18.2 Å². The maximum Gasteiger partial charge on any atom is 0.331 e. The van der Waals surface area contributed by atoms with Crippen molar-refractivity contribution >= 4 is 38.8 Å². The molecule has 2 aliphatic heterocycles. The standard InChI is InChI=1S/C28H28ClF2N5O2S/c1-28(30,31)16-34-10-6-24(37)36(27(34)38)15-20-13-23-26(39-20)21(5-8-33-23)22-12-18(29)11-17-3-2-9-35(25(17)22)19-4-7-32-14-19/h5-6,8,10-13,19,32H,2-4,7,9,14-16H2,1H3/t19-/m0/s1. The summed E-state index contributed by atoms with van der Waals surface area (Å²) in [4.78, 5) is 33.2. The number of benzene rings is 1. The van der Waals surface area contributed by atoms with Gasteiger partial charge in [-0.15, -0.1) is 11.3 Å². The number of thiophene rings is 1. The van der Waals surface area contributed by atoms with Gasteiger partial charge < -0.3 is 10.2 Å². The van der Waals surface area contributed by atoms with E-state index < -0.39 is 23.7 Å². The molecule has 2 aliphatic rings. The second-order valence-electron chi connectivity index (χ2n) is 10.4. The van der Waals surface area contributed by atoms with Crippen molar-refractivity contribution < 1.29 is 8.78 Å². The summed E-state index contributed by atoms with van der Waals surface area (Å²) in [6, 6.07) is 9.49. The van der Waals surface area contributed by atoms with Crippen LogP contribution in [0, 0.1) is 0 Å². The Morgan fingerprint density at radius 2 is 2.05 bits per heavy atom. The van der Waals surface area contributed by atoms with Crippen LogP contribution in [0.1, 0.15) is 30.2 Å². The highest BCUT2D eigenvalue weighted by Crippen LogP contribution is 2.44. The van der Waals surface area contributed by atoms with Crippen molar-refractivity contribution in [1.82, 2.24) is 19.4 Å². The number of pyridine rings is 1. The molecule has 204 valence electrons. The molecule has 1 fully saturated rings. The van der Waals surface area contributed by atoms with Crippen molar-refractivity contribution in [3.8, 4) is 11.1 Å². The van der Waals surface area contributed by atoms with E-state index in [1.54, 1.807) is 6.20 Å². The van der Waals surface area contributed by atoms with E-state index in [0.29, 0.717) is 11.1 Å². The Bertz CT molecular complexity index is 1670. The molecule has 39 heavy (non-hydrogen) atoms. The molecule has 1 aromatic carbocycles. The predicted molar refractivity (Wildman–Crippen MR) is 152 cm³/mol. The largest absolute Gasteiger partial charge is 0.366 e. The summed E-state index contributed by atoms with van der Waals surface area (Å²) in [5.74, 6) is -3.08. The second kappa shape index (κ2) is 10.1. The first-order chi connectivity index (χ1) is 18.7. The highest BCUT2D eigenvalue weighted by atomic mass is 35.5. The first kappa shape index (κ1) is 26.2. The Morgan fingerprint density at radius 1 is 1.21 bits per heavy atom. The summed E-state index contributed by atoms with van der Waals surface area (Å²) in [6.07, 6.45) is 6.01.